The lowest BCUT2D eigenvalue weighted by atomic mass is 9.79. The van der Waals surface area contributed by atoms with Gasteiger partial charge in [0.05, 0.1) is 19.7 Å². The SMILES string of the molecule is O=C(O)C(F)(F)F.O=C(c1cc(C2CC2)on1)N1CC2(C1)OCCC2CCOc1ccccn1. The molecule has 1 N–H and O–H groups in total. The van der Waals surface area contributed by atoms with E-state index in [0.717, 1.165) is 38.1 Å². The fourth-order valence-electron chi connectivity index (χ4n) is 4.14. The van der Waals surface area contributed by atoms with Crippen LogP contribution in [0.3, 0.4) is 0 Å². The number of ether oxygens (including phenoxy) is 2. The van der Waals surface area contributed by atoms with E-state index in [2.05, 4.69) is 10.1 Å². The summed E-state index contributed by atoms with van der Waals surface area (Å²) < 4.78 is 48.8. The Morgan fingerprint density at radius 2 is 1.97 bits per heavy atom. The second-order valence-electron chi connectivity index (χ2n) is 8.56. The largest absolute Gasteiger partial charge is 0.490 e. The highest BCUT2D eigenvalue weighted by Crippen LogP contribution is 2.43. The zero-order valence-corrected chi connectivity index (χ0v) is 18.2. The smallest absolute Gasteiger partial charge is 0.478 e. The summed E-state index contributed by atoms with van der Waals surface area (Å²) in [7, 11) is 0. The second kappa shape index (κ2) is 9.61. The monoisotopic (exact) mass is 483 g/mol. The zero-order valence-electron chi connectivity index (χ0n) is 18.2. The van der Waals surface area contributed by atoms with Gasteiger partial charge < -0.3 is 24.0 Å². The molecule has 0 radical (unpaired) electrons. The number of hydrogen-bond donors (Lipinski definition) is 1. The maximum Gasteiger partial charge on any atom is 0.490 e. The Labute approximate surface area is 192 Å². The number of hydrogen-bond acceptors (Lipinski definition) is 7. The molecule has 12 heteroatoms. The predicted molar refractivity (Wildman–Crippen MR) is 109 cm³/mol. The van der Waals surface area contributed by atoms with Crippen LogP contribution in [0.25, 0.3) is 0 Å². The van der Waals surface area contributed by atoms with Crippen molar-refractivity contribution >= 4 is 11.9 Å². The number of pyridine rings is 1. The lowest BCUT2D eigenvalue weighted by Gasteiger charge is -2.50. The molecule has 2 aliphatic heterocycles. The highest BCUT2D eigenvalue weighted by atomic mass is 19.4. The van der Waals surface area contributed by atoms with E-state index in [-0.39, 0.29) is 11.5 Å². The predicted octanol–water partition coefficient (Wildman–Crippen LogP) is 3.28. The van der Waals surface area contributed by atoms with Crippen LogP contribution in [0.2, 0.25) is 0 Å². The first-order valence-electron chi connectivity index (χ1n) is 10.9. The van der Waals surface area contributed by atoms with E-state index >= 15 is 0 Å². The van der Waals surface area contributed by atoms with Crippen LogP contribution in [-0.4, -0.2) is 70.1 Å². The lowest BCUT2D eigenvalue weighted by molar-refractivity contribution is -0.192. The van der Waals surface area contributed by atoms with Crippen LogP contribution in [0, 0.1) is 5.92 Å². The van der Waals surface area contributed by atoms with Gasteiger partial charge in [-0.2, -0.15) is 13.2 Å². The molecule has 4 heterocycles. The number of aromatic nitrogens is 2. The Hall–Kier alpha value is -3.15. The standard InChI is InChI=1S/C20H23N3O4.C2HF3O2/c24-19(16-11-17(27-22-16)14-4-5-14)23-12-20(13-23)15(7-10-26-20)6-9-25-18-3-1-2-8-21-18;3-2(4,5)1(6)7/h1-3,8,11,14-15H,4-7,9-10,12-13H2;(H,6,7). The molecule has 1 atom stereocenters. The minimum Gasteiger partial charge on any atom is -0.478 e. The molecule has 1 spiro atoms. The van der Waals surface area contributed by atoms with Gasteiger partial charge in [0.1, 0.15) is 11.4 Å². The number of halogens is 3. The van der Waals surface area contributed by atoms with Crippen LogP contribution < -0.4 is 4.74 Å². The minimum atomic E-state index is -5.08. The van der Waals surface area contributed by atoms with Crippen molar-refractivity contribution < 1.29 is 41.9 Å². The summed E-state index contributed by atoms with van der Waals surface area (Å²) in [6.07, 6.45) is 0.804. The van der Waals surface area contributed by atoms with Crippen LogP contribution in [0.5, 0.6) is 5.88 Å². The van der Waals surface area contributed by atoms with Gasteiger partial charge in [0.15, 0.2) is 5.69 Å². The van der Waals surface area contributed by atoms with E-state index in [0.29, 0.717) is 43.1 Å². The number of nitrogens with zero attached hydrogens (tertiary/aromatic N) is 3. The van der Waals surface area contributed by atoms with Gasteiger partial charge in [-0.25, -0.2) is 9.78 Å². The molecular formula is C22H24F3N3O6. The Balaban J connectivity index is 0.000000344. The van der Waals surface area contributed by atoms with Crippen LogP contribution in [0.15, 0.2) is 35.0 Å². The van der Waals surface area contributed by atoms with Gasteiger partial charge in [-0.15, -0.1) is 0 Å². The van der Waals surface area contributed by atoms with Crippen molar-refractivity contribution in [3.05, 3.63) is 41.9 Å². The number of carbonyl (C=O) groups is 2. The third kappa shape index (κ3) is 5.49. The minimum absolute atomic E-state index is 0.0599. The molecular weight excluding hydrogens is 459 g/mol. The summed E-state index contributed by atoms with van der Waals surface area (Å²) in [4.78, 5) is 27.5. The molecule has 5 rings (SSSR count). The lowest BCUT2D eigenvalue weighted by Crippen LogP contribution is -2.66. The van der Waals surface area contributed by atoms with Crippen molar-refractivity contribution in [1.29, 1.82) is 0 Å². The third-order valence-corrected chi connectivity index (χ3v) is 6.13. The van der Waals surface area contributed by atoms with Crippen molar-refractivity contribution in [1.82, 2.24) is 15.0 Å². The number of rotatable bonds is 6. The van der Waals surface area contributed by atoms with Crippen molar-refractivity contribution in [2.45, 2.75) is 43.4 Å². The average Bonchev–Trinajstić information content (AvgIpc) is 3.35. The molecule has 2 aromatic rings. The number of carboxylic acid groups (broad SMARTS) is 1. The Morgan fingerprint density at radius 3 is 2.59 bits per heavy atom. The second-order valence-corrected chi connectivity index (χ2v) is 8.56. The fraction of sp³-hybridized carbons (Fsp3) is 0.545. The molecule has 9 nitrogen and oxygen atoms in total. The molecule has 1 saturated carbocycles. The number of amides is 1. The normalized spacial score (nSPS) is 20.9. The highest BCUT2D eigenvalue weighted by Gasteiger charge is 2.54. The summed E-state index contributed by atoms with van der Waals surface area (Å²) in [6, 6.07) is 7.45. The quantitative estimate of drug-likeness (QED) is 0.666. The van der Waals surface area contributed by atoms with Crippen LogP contribution in [-0.2, 0) is 9.53 Å². The van der Waals surface area contributed by atoms with E-state index in [1.165, 1.54) is 0 Å². The number of carbonyl (C=O) groups excluding carboxylic acids is 1. The van der Waals surface area contributed by atoms with Gasteiger partial charge in [-0.3, -0.25) is 4.79 Å². The Kier molecular flexibility index (Phi) is 6.78. The van der Waals surface area contributed by atoms with E-state index < -0.39 is 12.1 Å². The summed E-state index contributed by atoms with van der Waals surface area (Å²) in [5.74, 6) is -0.473. The number of aliphatic carboxylic acids is 1. The Morgan fingerprint density at radius 1 is 1.24 bits per heavy atom. The summed E-state index contributed by atoms with van der Waals surface area (Å²) in [5.41, 5.74) is 0.186. The third-order valence-electron chi connectivity index (χ3n) is 6.13. The zero-order chi connectivity index (χ0) is 24.3. The van der Waals surface area contributed by atoms with E-state index in [4.69, 9.17) is 23.9 Å². The van der Waals surface area contributed by atoms with E-state index in [9.17, 15) is 18.0 Å². The molecule has 3 fully saturated rings. The molecule has 1 amide bonds. The van der Waals surface area contributed by atoms with Crippen molar-refractivity contribution in [3.8, 4) is 5.88 Å². The topological polar surface area (TPSA) is 115 Å². The van der Waals surface area contributed by atoms with E-state index in [1.807, 2.05) is 23.1 Å². The number of carboxylic acids is 1. The summed E-state index contributed by atoms with van der Waals surface area (Å²) >= 11 is 0. The molecule has 34 heavy (non-hydrogen) atoms. The maximum absolute atomic E-state index is 12.6. The fourth-order valence-corrected chi connectivity index (χ4v) is 4.14. The molecule has 1 aliphatic carbocycles. The first-order chi connectivity index (χ1) is 16.2. The van der Waals surface area contributed by atoms with Crippen LogP contribution in [0.4, 0.5) is 13.2 Å². The van der Waals surface area contributed by atoms with Crippen LogP contribution >= 0.6 is 0 Å². The van der Waals surface area contributed by atoms with Crippen molar-refractivity contribution in [3.63, 3.8) is 0 Å². The Bertz CT molecular complexity index is 1000. The van der Waals surface area contributed by atoms with Gasteiger partial charge in [-0.1, -0.05) is 11.2 Å². The summed E-state index contributed by atoms with van der Waals surface area (Å²) in [6.45, 7) is 2.58. The molecule has 0 aromatic carbocycles. The van der Waals surface area contributed by atoms with Gasteiger partial charge >= 0.3 is 12.1 Å². The molecule has 2 saturated heterocycles. The first kappa shape index (κ1) is 24.0. The summed E-state index contributed by atoms with van der Waals surface area (Å²) in [5, 5.41) is 11.1. The molecule has 2 aromatic heterocycles. The average molecular weight is 483 g/mol. The van der Waals surface area contributed by atoms with E-state index in [1.54, 1.807) is 12.3 Å². The van der Waals surface area contributed by atoms with Crippen LogP contribution in [0.1, 0.15) is 47.8 Å². The first-order valence-corrected chi connectivity index (χ1v) is 10.9. The number of likely N-dealkylation sites (tertiary alicyclic amines) is 1. The van der Waals surface area contributed by atoms with Gasteiger partial charge in [0, 0.05) is 30.9 Å². The van der Waals surface area contributed by atoms with Gasteiger partial charge in [-0.05, 0) is 37.7 Å². The molecule has 184 valence electrons. The molecule has 3 aliphatic rings. The number of alkyl halides is 3. The van der Waals surface area contributed by atoms with Gasteiger partial charge in [0.25, 0.3) is 5.91 Å². The molecule has 0 bridgehead atoms. The van der Waals surface area contributed by atoms with Crippen molar-refractivity contribution in [2.75, 3.05) is 26.3 Å². The molecule has 1 unspecified atom stereocenters. The van der Waals surface area contributed by atoms with Crippen molar-refractivity contribution in [2.24, 2.45) is 5.92 Å². The highest BCUT2D eigenvalue weighted by molar-refractivity contribution is 5.93. The maximum atomic E-state index is 12.6. The van der Waals surface area contributed by atoms with Gasteiger partial charge in [0.2, 0.25) is 5.88 Å².